The van der Waals surface area contributed by atoms with Gasteiger partial charge in [-0.15, -0.1) is 0 Å². The smallest absolute Gasteiger partial charge is 0.323 e. The summed E-state index contributed by atoms with van der Waals surface area (Å²) in [7, 11) is 0. The number of carbonyl (C=O) groups excluding carboxylic acids is 1. The summed E-state index contributed by atoms with van der Waals surface area (Å²) in [6, 6.07) is 0.0142. The highest BCUT2D eigenvalue weighted by molar-refractivity contribution is 5.77. The number of piperidine rings is 1. The topological polar surface area (TPSA) is 58.2 Å². The molecule has 92 valence electrons. The van der Waals surface area contributed by atoms with Crippen molar-refractivity contribution < 1.29 is 9.53 Å². The first-order valence-electron chi connectivity index (χ1n) is 6.24. The predicted molar refractivity (Wildman–Crippen MR) is 61.5 cm³/mol. The Balaban J connectivity index is 1.59. The molecule has 0 bridgehead atoms. The molecule has 2 aliphatic rings. The second-order valence-corrected chi connectivity index (χ2v) is 4.81. The minimum Gasteiger partial charge on any atom is -0.464 e. The molecule has 0 radical (unpaired) electrons. The van der Waals surface area contributed by atoms with Crippen molar-refractivity contribution in [2.45, 2.75) is 31.2 Å². The van der Waals surface area contributed by atoms with Gasteiger partial charge in [-0.1, -0.05) is 0 Å². The van der Waals surface area contributed by atoms with E-state index in [0.717, 1.165) is 32.4 Å². The molecule has 0 aromatic carbocycles. The van der Waals surface area contributed by atoms with Crippen molar-refractivity contribution in [3.8, 4) is 0 Å². The number of hydrogen-bond donors (Lipinski definition) is 1. The molecule has 5 heteroatoms. The van der Waals surface area contributed by atoms with Crippen LogP contribution in [0.1, 0.15) is 30.7 Å². The van der Waals surface area contributed by atoms with Crippen LogP contribution in [-0.2, 0) is 9.53 Å². The quantitative estimate of drug-likeness (QED) is 0.774. The van der Waals surface area contributed by atoms with Gasteiger partial charge in [0, 0.05) is 12.6 Å². The van der Waals surface area contributed by atoms with Crippen LogP contribution in [0, 0.1) is 0 Å². The lowest BCUT2D eigenvalue weighted by Crippen LogP contribution is -2.43. The van der Waals surface area contributed by atoms with Crippen LogP contribution in [0.25, 0.3) is 0 Å². The molecule has 0 amide bonds. The maximum Gasteiger partial charge on any atom is 0.323 e. The molecule has 0 aliphatic carbocycles. The van der Waals surface area contributed by atoms with Crippen molar-refractivity contribution in [2.75, 3.05) is 19.7 Å². The number of aromatic nitrogens is 2. The van der Waals surface area contributed by atoms with E-state index in [0.29, 0.717) is 12.5 Å². The predicted octanol–water partition coefficient (Wildman–Crippen LogP) is 0.905. The van der Waals surface area contributed by atoms with Crippen LogP contribution in [0.5, 0.6) is 0 Å². The third kappa shape index (κ3) is 2.07. The molecule has 0 spiro atoms. The summed E-state index contributed by atoms with van der Waals surface area (Å²) in [4.78, 5) is 13.8. The Morgan fingerprint density at radius 3 is 2.76 bits per heavy atom. The first kappa shape index (κ1) is 10.8. The lowest BCUT2D eigenvalue weighted by molar-refractivity contribution is -0.142. The summed E-state index contributed by atoms with van der Waals surface area (Å²) in [5, 5.41) is 6.86. The molecule has 3 rings (SSSR count). The van der Waals surface area contributed by atoms with Crippen molar-refractivity contribution >= 4 is 5.97 Å². The number of cyclic esters (lactones) is 1. The molecule has 1 aromatic rings. The van der Waals surface area contributed by atoms with Crippen LogP contribution in [0.2, 0.25) is 0 Å². The minimum absolute atomic E-state index is 0.0142. The van der Waals surface area contributed by atoms with Crippen molar-refractivity contribution in [2.24, 2.45) is 0 Å². The van der Waals surface area contributed by atoms with Gasteiger partial charge in [0.2, 0.25) is 0 Å². The van der Waals surface area contributed by atoms with Crippen molar-refractivity contribution in [3.05, 3.63) is 18.0 Å². The van der Waals surface area contributed by atoms with Gasteiger partial charge >= 0.3 is 5.97 Å². The third-order valence-corrected chi connectivity index (χ3v) is 3.87. The van der Waals surface area contributed by atoms with Crippen molar-refractivity contribution in [3.63, 3.8) is 0 Å². The molecular weight excluding hydrogens is 218 g/mol. The van der Waals surface area contributed by atoms with Crippen LogP contribution in [0.3, 0.4) is 0 Å². The van der Waals surface area contributed by atoms with E-state index in [2.05, 4.69) is 15.1 Å². The van der Waals surface area contributed by atoms with Crippen molar-refractivity contribution in [1.82, 2.24) is 15.1 Å². The lowest BCUT2D eigenvalue weighted by Gasteiger charge is -2.33. The van der Waals surface area contributed by atoms with Crippen LogP contribution in [-0.4, -0.2) is 46.8 Å². The maximum absolute atomic E-state index is 11.5. The zero-order valence-corrected chi connectivity index (χ0v) is 9.76. The monoisotopic (exact) mass is 235 g/mol. The standard InChI is InChI=1S/C12H17N3O2/c16-12-11(3-6-17-12)15-4-1-9(2-5-15)10-7-13-14-8-10/h7-9,11H,1-6H2,(H,13,14). The molecule has 5 nitrogen and oxygen atoms in total. The van der Waals surface area contributed by atoms with Crippen LogP contribution in [0.4, 0.5) is 0 Å². The first-order valence-corrected chi connectivity index (χ1v) is 6.24. The minimum atomic E-state index is -0.0354. The average Bonchev–Trinajstić information content (AvgIpc) is 3.00. The summed E-state index contributed by atoms with van der Waals surface area (Å²) >= 11 is 0. The van der Waals surface area contributed by atoms with Crippen LogP contribution in [0.15, 0.2) is 12.4 Å². The zero-order valence-electron chi connectivity index (χ0n) is 9.76. The fraction of sp³-hybridized carbons (Fsp3) is 0.667. The van der Waals surface area contributed by atoms with Gasteiger partial charge in [-0.2, -0.15) is 5.10 Å². The molecular formula is C12H17N3O2. The van der Waals surface area contributed by atoms with E-state index in [1.54, 1.807) is 0 Å². The highest BCUT2D eigenvalue weighted by Gasteiger charge is 2.34. The number of nitrogens with zero attached hydrogens (tertiary/aromatic N) is 2. The fourth-order valence-electron chi connectivity index (χ4n) is 2.85. The maximum atomic E-state index is 11.5. The summed E-state index contributed by atoms with van der Waals surface area (Å²) in [6.07, 6.45) is 6.94. The Bertz CT molecular complexity index is 382. The molecule has 1 unspecified atom stereocenters. The van der Waals surface area contributed by atoms with Crippen LogP contribution < -0.4 is 0 Å². The van der Waals surface area contributed by atoms with Crippen molar-refractivity contribution in [1.29, 1.82) is 0 Å². The highest BCUT2D eigenvalue weighted by atomic mass is 16.5. The zero-order chi connectivity index (χ0) is 11.7. The molecule has 2 saturated heterocycles. The van der Waals surface area contributed by atoms with Gasteiger partial charge in [-0.05, 0) is 37.4 Å². The van der Waals surface area contributed by atoms with E-state index < -0.39 is 0 Å². The summed E-state index contributed by atoms with van der Waals surface area (Å²) in [6.45, 7) is 2.55. The molecule has 0 saturated carbocycles. The van der Waals surface area contributed by atoms with Gasteiger partial charge in [0.15, 0.2) is 0 Å². The number of likely N-dealkylation sites (tertiary alicyclic amines) is 1. The fourth-order valence-corrected chi connectivity index (χ4v) is 2.85. The average molecular weight is 235 g/mol. The molecule has 2 aliphatic heterocycles. The van der Waals surface area contributed by atoms with Gasteiger partial charge in [0.05, 0.1) is 12.8 Å². The van der Waals surface area contributed by atoms with E-state index in [9.17, 15) is 4.79 Å². The van der Waals surface area contributed by atoms with Gasteiger partial charge in [0.1, 0.15) is 6.04 Å². The second-order valence-electron chi connectivity index (χ2n) is 4.81. The number of ether oxygens (including phenoxy) is 1. The molecule has 3 heterocycles. The van der Waals surface area contributed by atoms with Gasteiger partial charge in [0.25, 0.3) is 0 Å². The number of aromatic amines is 1. The van der Waals surface area contributed by atoms with E-state index in [4.69, 9.17) is 4.74 Å². The third-order valence-electron chi connectivity index (χ3n) is 3.87. The summed E-state index contributed by atoms with van der Waals surface area (Å²) < 4.78 is 5.02. The van der Waals surface area contributed by atoms with E-state index >= 15 is 0 Å². The number of hydrogen-bond acceptors (Lipinski definition) is 4. The largest absolute Gasteiger partial charge is 0.464 e. The van der Waals surface area contributed by atoms with E-state index in [1.165, 1.54) is 5.56 Å². The summed E-state index contributed by atoms with van der Waals surface area (Å²) in [5.41, 5.74) is 1.29. The SMILES string of the molecule is O=C1OCCC1N1CCC(c2cn[nH]c2)CC1. The van der Waals surface area contributed by atoms with E-state index in [1.807, 2.05) is 12.4 Å². The number of carbonyl (C=O) groups is 1. The Morgan fingerprint density at radius 1 is 1.35 bits per heavy atom. The number of esters is 1. The molecule has 1 atom stereocenters. The molecule has 17 heavy (non-hydrogen) atoms. The van der Waals surface area contributed by atoms with Gasteiger partial charge in [-0.3, -0.25) is 14.8 Å². The Hall–Kier alpha value is -1.36. The van der Waals surface area contributed by atoms with Gasteiger partial charge < -0.3 is 4.74 Å². The first-order chi connectivity index (χ1) is 8.34. The Labute approximate surface area is 100 Å². The second kappa shape index (κ2) is 4.49. The van der Waals surface area contributed by atoms with Gasteiger partial charge in [-0.25, -0.2) is 0 Å². The molecule has 1 aromatic heterocycles. The molecule has 2 fully saturated rings. The summed E-state index contributed by atoms with van der Waals surface area (Å²) in [5.74, 6) is 0.550. The Morgan fingerprint density at radius 2 is 2.18 bits per heavy atom. The molecule has 1 N–H and O–H groups in total. The lowest BCUT2D eigenvalue weighted by atomic mass is 9.91. The normalized spacial score (nSPS) is 27.3. The number of nitrogens with one attached hydrogen (secondary N) is 1. The van der Waals surface area contributed by atoms with E-state index in [-0.39, 0.29) is 12.0 Å². The Kier molecular flexibility index (Phi) is 2.84. The highest BCUT2D eigenvalue weighted by Crippen LogP contribution is 2.29. The number of H-pyrrole nitrogens is 1. The number of rotatable bonds is 2. The van der Waals surface area contributed by atoms with Crippen LogP contribution >= 0.6 is 0 Å².